The SMILES string of the molecule is Cc1cccc(-n2nnnc2SCc2nc3ccccc3n2C(F)F)c1C. The fourth-order valence-corrected chi connectivity index (χ4v) is 3.74. The van der Waals surface area contributed by atoms with Crippen LogP contribution in [0, 0.1) is 13.8 Å². The van der Waals surface area contributed by atoms with E-state index in [4.69, 9.17) is 0 Å². The van der Waals surface area contributed by atoms with Crippen LogP contribution in [-0.4, -0.2) is 29.8 Å². The fraction of sp³-hybridized carbons (Fsp3) is 0.222. The number of para-hydroxylation sites is 2. The van der Waals surface area contributed by atoms with Crippen molar-refractivity contribution in [3.63, 3.8) is 0 Å². The minimum atomic E-state index is -2.66. The molecule has 0 atom stereocenters. The highest BCUT2D eigenvalue weighted by molar-refractivity contribution is 7.98. The Morgan fingerprint density at radius 2 is 1.89 bits per heavy atom. The van der Waals surface area contributed by atoms with Gasteiger partial charge in [-0.25, -0.2) is 4.98 Å². The number of imidazole rings is 1. The van der Waals surface area contributed by atoms with E-state index in [1.165, 1.54) is 11.8 Å². The molecule has 138 valence electrons. The van der Waals surface area contributed by atoms with Crippen LogP contribution in [0.15, 0.2) is 47.6 Å². The summed E-state index contributed by atoms with van der Waals surface area (Å²) in [6.45, 7) is 1.35. The van der Waals surface area contributed by atoms with Gasteiger partial charge in [0, 0.05) is 0 Å². The van der Waals surface area contributed by atoms with Crippen molar-refractivity contribution in [1.29, 1.82) is 0 Å². The van der Waals surface area contributed by atoms with Gasteiger partial charge in [-0.1, -0.05) is 36.0 Å². The number of aryl methyl sites for hydroxylation is 1. The largest absolute Gasteiger partial charge is 0.320 e. The lowest BCUT2D eigenvalue weighted by atomic mass is 10.1. The maximum absolute atomic E-state index is 13.6. The molecule has 4 rings (SSSR count). The second-order valence-corrected chi connectivity index (χ2v) is 6.99. The molecule has 2 heterocycles. The molecular formula is C18H16F2N6S. The van der Waals surface area contributed by atoms with E-state index in [1.54, 1.807) is 28.9 Å². The molecule has 4 aromatic rings. The van der Waals surface area contributed by atoms with Crippen LogP contribution in [0.2, 0.25) is 0 Å². The monoisotopic (exact) mass is 386 g/mol. The third-order valence-corrected chi connectivity index (χ3v) is 5.35. The summed E-state index contributed by atoms with van der Waals surface area (Å²) in [7, 11) is 0. The average molecular weight is 386 g/mol. The highest BCUT2D eigenvalue weighted by Crippen LogP contribution is 2.29. The quantitative estimate of drug-likeness (QED) is 0.478. The second-order valence-electron chi connectivity index (χ2n) is 6.05. The molecule has 2 aromatic carbocycles. The van der Waals surface area contributed by atoms with Crippen molar-refractivity contribution in [3.05, 3.63) is 59.4 Å². The molecule has 0 spiro atoms. The smallest absolute Gasteiger partial charge is 0.269 e. The number of fused-ring (bicyclic) bond motifs is 1. The number of hydrogen-bond donors (Lipinski definition) is 0. The molecule has 0 aliphatic carbocycles. The lowest BCUT2D eigenvalue weighted by Crippen LogP contribution is -2.05. The molecule has 0 radical (unpaired) electrons. The van der Waals surface area contributed by atoms with Gasteiger partial charge < -0.3 is 0 Å². The Morgan fingerprint density at radius 3 is 2.70 bits per heavy atom. The van der Waals surface area contributed by atoms with E-state index in [0.29, 0.717) is 16.2 Å². The number of nitrogens with zero attached hydrogens (tertiary/aromatic N) is 6. The van der Waals surface area contributed by atoms with Gasteiger partial charge in [0.15, 0.2) is 0 Å². The number of rotatable bonds is 5. The Bertz CT molecular complexity index is 1100. The van der Waals surface area contributed by atoms with E-state index in [0.717, 1.165) is 21.4 Å². The fourth-order valence-electron chi connectivity index (χ4n) is 2.93. The van der Waals surface area contributed by atoms with Gasteiger partial charge >= 0.3 is 6.55 Å². The average Bonchev–Trinajstić information content (AvgIpc) is 3.26. The van der Waals surface area contributed by atoms with Crippen molar-refractivity contribution in [1.82, 2.24) is 29.8 Å². The van der Waals surface area contributed by atoms with Crippen molar-refractivity contribution in [3.8, 4) is 5.69 Å². The first-order valence-corrected chi connectivity index (χ1v) is 9.26. The Hall–Kier alpha value is -2.81. The van der Waals surface area contributed by atoms with Crippen molar-refractivity contribution >= 4 is 22.8 Å². The standard InChI is InChI=1S/C18H16F2N6S/c1-11-6-5-9-14(12(11)2)26-18(22-23-24-26)27-10-16-21-13-7-3-4-8-15(13)25(16)17(19)20/h3-9,17H,10H2,1-2H3. The molecule has 0 aliphatic heterocycles. The normalized spacial score (nSPS) is 11.6. The summed E-state index contributed by atoms with van der Waals surface area (Å²) in [5.41, 5.74) is 4.01. The highest BCUT2D eigenvalue weighted by atomic mass is 32.2. The molecule has 0 bridgehead atoms. The van der Waals surface area contributed by atoms with Crippen LogP contribution in [0.25, 0.3) is 16.7 Å². The minimum absolute atomic E-state index is 0.226. The van der Waals surface area contributed by atoms with Crippen molar-refractivity contribution < 1.29 is 8.78 Å². The summed E-state index contributed by atoms with van der Waals surface area (Å²) in [5, 5.41) is 12.4. The molecule has 27 heavy (non-hydrogen) atoms. The number of halogens is 2. The predicted octanol–water partition coefficient (Wildman–Crippen LogP) is 4.32. The van der Waals surface area contributed by atoms with Crippen LogP contribution in [0.3, 0.4) is 0 Å². The molecule has 0 saturated carbocycles. The maximum Gasteiger partial charge on any atom is 0.320 e. The third-order valence-electron chi connectivity index (χ3n) is 4.44. The zero-order chi connectivity index (χ0) is 19.0. The van der Waals surface area contributed by atoms with E-state index < -0.39 is 6.55 Å². The lowest BCUT2D eigenvalue weighted by Gasteiger charge is -2.10. The zero-order valence-corrected chi connectivity index (χ0v) is 15.5. The Labute approximate surface area is 158 Å². The summed E-state index contributed by atoms with van der Waals surface area (Å²) in [6, 6.07) is 12.7. The van der Waals surface area contributed by atoms with Crippen molar-refractivity contribution in [2.45, 2.75) is 31.3 Å². The molecule has 0 saturated heterocycles. The van der Waals surface area contributed by atoms with Crippen molar-refractivity contribution in [2.75, 3.05) is 0 Å². The van der Waals surface area contributed by atoms with Crippen LogP contribution in [-0.2, 0) is 5.75 Å². The Morgan fingerprint density at radius 1 is 1.07 bits per heavy atom. The number of alkyl halides is 2. The van der Waals surface area contributed by atoms with Crippen LogP contribution >= 0.6 is 11.8 Å². The van der Waals surface area contributed by atoms with Gasteiger partial charge in [-0.3, -0.25) is 4.57 Å². The van der Waals surface area contributed by atoms with Gasteiger partial charge in [0.2, 0.25) is 5.16 Å². The van der Waals surface area contributed by atoms with E-state index >= 15 is 0 Å². The Kier molecular flexibility index (Phi) is 4.61. The van der Waals surface area contributed by atoms with Gasteiger partial charge in [0.05, 0.1) is 22.5 Å². The summed E-state index contributed by atoms with van der Waals surface area (Å²) in [4.78, 5) is 4.35. The van der Waals surface area contributed by atoms with E-state index in [9.17, 15) is 8.78 Å². The number of aromatic nitrogens is 6. The van der Waals surface area contributed by atoms with Crippen LogP contribution in [0.4, 0.5) is 8.78 Å². The van der Waals surface area contributed by atoms with Crippen molar-refractivity contribution in [2.24, 2.45) is 0 Å². The molecule has 0 unspecified atom stereocenters. The van der Waals surface area contributed by atoms with Gasteiger partial charge in [-0.05, 0) is 53.6 Å². The summed E-state index contributed by atoms with van der Waals surface area (Å²) < 4.78 is 29.7. The van der Waals surface area contributed by atoms with Gasteiger partial charge in [-0.15, -0.1) is 5.10 Å². The highest BCUT2D eigenvalue weighted by Gasteiger charge is 2.19. The molecule has 9 heteroatoms. The second kappa shape index (κ2) is 7.07. The first-order valence-electron chi connectivity index (χ1n) is 8.28. The van der Waals surface area contributed by atoms with E-state index in [1.807, 2.05) is 32.0 Å². The zero-order valence-electron chi connectivity index (χ0n) is 14.7. The van der Waals surface area contributed by atoms with Gasteiger partial charge in [-0.2, -0.15) is 13.5 Å². The number of thioether (sulfide) groups is 1. The molecule has 0 N–H and O–H groups in total. The molecule has 0 fully saturated rings. The number of benzene rings is 2. The molecule has 2 aromatic heterocycles. The minimum Gasteiger partial charge on any atom is -0.269 e. The van der Waals surface area contributed by atoms with E-state index in [2.05, 4.69) is 20.5 Å². The predicted molar refractivity (Wildman–Crippen MR) is 99.2 cm³/mol. The van der Waals surface area contributed by atoms with Crippen LogP contribution in [0.1, 0.15) is 23.5 Å². The number of tetrazole rings is 1. The Balaban J connectivity index is 1.66. The van der Waals surface area contributed by atoms with Crippen LogP contribution in [0.5, 0.6) is 0 Å². The van der Waals surface area contributed by atoms with Gasteiger partial charge in [0.1, 0.15) is 5.82 Å². The van der Waals surface area contributed by atoms with Crippen LogP contribution < -0.4 is 0 Å². The molecular weight excluding hydrogens is 370 g/mol. The maximum atomic E-state index is 13.6. The molecule has 0 amide bonds. The van der Waals surface area contributed by atoms with E-state index in [-0.39, 0.29) is 11.6 Å². The number of hydrogen-bond acceptors (Lipinski definition) is 5. The summed E-state index contributed by atoms with van der Waals surface area (Å²) in [6.07, 6.45) is 0. The molecule has 6 nitrogen and oxygen atoms in total. The summed E-state index contributed by atoms with van der Waals surface area (Å²) in [5.74, 6) is 0.510. The topological polar surface area (TPSA) is 61.4 Å². The summed E-state index contributed by atoms with van der Waals surface area (Å²) >= 11 is 1.27. The first-order chi connectivity index (χ1) is 13.1. The first kappa shape index (κ1) is 17.6. The lowest BCUT2D eigenvalue weighted by molar-refractivity contribution is 0.0722. The molecule has 0 aliphatic rings. The third kappa shape index (κ3) is 3.18. The van der Waals surface area contributed by atoms with Gasteiger partial charge in [0.25, 0.3) is 0 Å².